The number of fused-ring (bicyclic) bond motifs is 1. The Kier molecular flexibility index (Phi) is 4.68. The molecule has 4 rings (SSSR count). The normalized spacial score (nSPS) is 17.3. The molecule has 3 aromatic rings. The lowest BCUT2D eigenvalue weighted by Crippen LogP contribution is -2.37. The van der Waals surface area contributed by atoms with E-state index in [0.29, 0.717) is 32.8 Å². The summed E-state index contributed by atoms with van der Waals surface area (Å²) in [6.07, 6.45) is 1.97. The minimum absolute atomic E-state index is 0.0209. The van der Waals surface area contributed by atoms with Gasteiger partial charge in [-0.2, -0.15) is 0 Å². The molecule has 1 aliphatic rings. The number of thiazole rings is 1. The highest BCUT2D eigenvalue weighted by Crippen LogP contribution is 2.34. The Morgan fingerprint density at radius 2 is 2.36 bits per heavy atom. The molecular weight excluding hydrogens is 380 g/mol. The van der Waals surface area contributed by atoms with Crippen LogP contribution in [0.2, 0.25) is 5.02 Å². The molecule has 1 amide bonds. The molecule has 0 bridgehead atoms. The number of anilines is 1. The highest BCUT2D eigenvalue weighted by Gasteiger charge is 2.29. The van der Waals surface area contributed by atoms with Gasteiger partial charge >= 0.3 is 0 Å². The molecule has 0 saturated carbocycles. The van der Waals surface area contributed by atoms with Crippen molar-refractivity contribution in [3.05, 3.63) is 33.8 Å². The average Bonchev–Trinajstić information content (AvgIpc) is 3.32. The fourth-order valence-corrected chi connectivity index (χ4v) is 4.69. The van der Waals surface area contributed by atoms with Crippen LogP contribution in [0.4, 0.5) is 5.13 Å². The van der Waals surface area contributed by atoms with E-state index in [0.717, 1.165) is 35.7 Å². The smallest absolute Gasteiger partial charge is 0.273 e. The van der Waals surface area contributed by atoms with Crippen molar-refractivity contribution in [1.29, 1.82) is 0 Å². The first kappa shape index (κ1) is 16.8. The third-order valence-corrected chi connectivity index (χ3v) is 6.25. The van der Waals surface area contributed by atoms with E-state index < -0.39 is 0 Å². The third-order valence-electron chi connectivity index (χ3n) is 4.09. The molecule has 2 aromatic heterocycles. The number of carbonyl (C=O) groups excluding carboxylic acids is 1. The van der Waals surface area contributed by atoms with E-state index in [-0.39, 0.29) is 12.0 Å². The molecule has 9 heteroatoms. The number of hydrogen-bond acceptors (Lipinski definition) is 7. The van der Waals surface area contributed by atoms with E-state index in [1.807, 2.05) is 12.1 Å². The molecule has 0 aliphatic carbocycles. The number of rotatable bonds is 4. The van der Waals surface area contributed by atoms with Gasteiger partial charge in [0.25, 0.3) is 5.91 Å². The number of halogens is 1. The van der Waals surface area contributed by atoms with Crippen LogP contribution < -0.4 is 4.90 Å². The van der Waals surface area contributed by atoms with Crippen LogP contribution in [0.1, 0.15) is 28.2 Å². The zero-order chi connectivity index (χ0) is 17.4. The number of hydrogen-bond donors (Lipinski definition) is 0. The molecule has 1 aromatic carbocycles. The number of nitrogens with zero attached hydrogens (tertiary/aromatic N) is 4. The highest BCUT2D eigenvalue weighted by molar-refractivity contribution is 7.22. The van der Waals surface area contributed by atoms with E-state index in [1.54, 1.807) is 17.9 Å². The van der Waals surface area contributed by atoms with Crippen molar-refractivity contribution < 1.29 is 9.53 Å². The molecule has 130 valence electrons. The van der Waals surface area contributed by atoms with Crippen molar-refractivity contribution >= 4 is 55.7 Å². The lowest BCUT2D eigenvalue weighted by atomic mass is 10.2. The van der Waals surface area contributed by atoms with Crippen LogP contribution in [-0.4, -0.2) is 39.7 Å². The van der Waals surface area contributed by atoms with E-state index in [1.165, 1.54) is 11.3 Å². The van der Waals surface area contributed by atoms with Crippen molar-refractivity contribution in [2.24, 2.45) is 0 Å². The molecule has 1 aliphatic heterocycles. The van der Waals surface area contributed by atoms with Crippen molar-refractivity contribution in [1.82, 2.24) is 14.6 Å². The predicted molar refractivity (Wildman–Crippen MR) is 99.9 cm³/mol. The first-order valence-corrected chi connectivity index (χ1v) is 9.88. The number of amides is 1. The molecule has 0 radical (unpaired) electrons. The van der Waals surface area contributed by atoms with Gasteiger partial charge < -0.3 is 4.74 Å². The summed E-state index contributed by atoms with van der Waals surface area (Å²) in [4.78, 5) is 19.9. The summed E-state index contributed by atoms with van der Waals surface area (Å²) in [5.41, 5.74) is 1.35. The van der Waals surface area contributed by atoms with Gasteiger partial charge in [-0.3, -0.25) is 9.69 Å². The lowest BCUT2D eigenvalue weighted by Gasteiger charge is -2.22. The summed E-state index contributed by atoms with van der Waals surface area (Å²) in [6, 6.07) is 5.64. The van der Waals surface area contributed by atoms with Gasteiger partial charge in [-0.05, 0) is 43.4 Å². The van der Waals surface area contributed by atoms with Gasteiger partial charge in [0.2, 0.25) is 0 Å². The summed E-state index contributed by atoms with van der Waals surface area (Å²) in [6.45, 7) is 2.99. The standard InChI is InChI=1S/C16H15ClN4O2S2/c1-9-14(25-20-19-9)15(22)21(8-10-4-3-7-23-10)16-18-13-11(17)5-2-6-12(13)24-16/h2,5-6,10H,3-4,7-8H2,1H3/t10-/m0/s1. The van der Waals surface area contributed by atoms with Crippen LogP contribution in [0.15, 0.2) is 18.2 Å². The van der Waals surface area contributed by atoms with Gasteiger partial charge in [-0.25, -0.2) is 4.98 Å². The van der Waals surface area contributed by atoms with Crippen LogP contribution in [0, 0.1) is 6.92 Å². The Bertz CT molecular complexity index is 920. The maximum atomic E-state index is 13.1. The highest BCUT2D eigenvalue weighted by atomic mass is 35.5. The average molecular weight is 395 g/mol. The molecule has 1 fully saturated rings. The van der Waals surface area contributed by atoms with Gasteiger partial charge in [0, 0.05) is 6.61 Å². The first-order chi connectivity index (χ1) is 12.1. The summed E-state index contributed by atoms with van der Waals surface area (Å²) in [5.74, 6) is -0.141. The Morgan fingerprint density at radius 1 is 1.48 bits per heavy atom. The first-order valence-electron chi connectivity index (χ1n) is 7.91. The molecule has 3 heterocycles. The molecule has 25 heavy (non-hydrogen) atoms. The quantitative estimate of drug-likeness (QED) is 0.670. The number of ether oxygens (including phenoxy) is 1. The van der Waals surface area contributed by atoms with Crippen LogP contribution >= 0.6 is 34.5 Å². The van der Waals surface area contributed by atoms with E-state index in [4.69, 9.17) is 16.3 Å². The molecule has 1 saturated heterocycles. The van der Waals surface area contributed by atoms with Gasteiger partial charge in [-0.15, -0.1) is 5.10 Å². The van der Waals surface area contributed by atoms with Crippen molar-refractivity contribution in [2.75, 3.05) is 18.1 Å². The number of benzene rings is 1. The monoisotopic (exact) mass is 394 g/mol. The Labute approximate surface area is 157 Å². The molecule has 0 spiro atoms. The minimum Gasteiger partial charge on any atom is -0.376 e. The molecular formula is C16H15ClN4O2S2. The molecule has 6 nitrogen and oxygen atoms in total. The lowest BCUT2D eigenvalue weighted by molar-refractivity contribution is 0.0920. The second-order valence-corrected chi connectivity index (χ2v) is 7.99. The Morgan fingerprint density at radius 3 is 3.04 bits per heavy atom. The van der Waals surface area contributed by atoms with Crippen LogP contribution in [-0.2, 0) is 4.74 Å². The van der Waals surface area contributed by atoms with Gasteiger partial charge in [0.1, 0.15) is 10.4 Å². The minimum atomic E-state index is -0.141. The maximum absolute atomic E-state index is 13.1. The third kappa shape index (κ3) is 3.27. The summed E-state index contributed by atoms with van der Waals surface area (Å²) in [5, 5.41) is 5.16. The van der Waals surface area contributed by atoms with Crippen molar-refractivity contribution in [2.45, 2.75) is 25.9 Å². The van der Waals surface area contributed by atoms with Crippen LogP contribution in [0.3, 0.4) is 0 Å². The van der Waals surface area contributed by atoms with Gasteiger partial charge in [-0.1, -0.05) is 33.5 Å². The molecule has 0 unspecified atom stereocenters. The van der Waals surface area contributed by atoms with Crippen LogP contribution in [0.25, 0.3) is 10.2 Å². The van der Waals surface area contributed by atoms with Crippen molar-refractivity contribution in [3.63, 3.8) is 0 Å². The predicted octanol–water partition coefficient (Wildman–Crippen LogP) is 3.94. The summed E-state index contributed by atoms with van der Waals surface area (Å²) in [7, 11) is 0. The molecule has 0 N–H and O–H groups in total. The summed E-state index contributed by atoms with van der Waals surface area (Å²) >= 11 is 8.81. The zero-order valence-corrected chi connectivity index (χ0v) is 15.8. The number of aryl methyl sites for hydroxylation is 1. The van der Waals surface area contributed by atoms with Crippen LogP contribution in [0.5, 0.6) is 0 Å². The number of carbonyl (C=O) groups is 1. The van der Waals surface area contributed by atoms with Crippen molar-refractivity contribution in [3.8, 4) is 0 Å². The largest absolute Gasteiger partial charge is 0.376 e. The Hall–Kier alpha value is -1.61. The second kappa shape index (κ2) is 6.95. The van der Waals surface area contributed by atoms with E-state index in [2.05, 4.69) is 14.6 Å². The zero-order valence-electron chi connectivity index (χ0n) is 13.4. The maximum Gasteiger partial charge on any atom is 0.273 e. The fourth-order valence-electron chi connectivity index (χ4n) is 2.81. The number of para-hydroxylation sites is 1. The Balaban J connectivity index is 1.74. The second-order valence-electron chi connectivity index (χ2n) is 5.82. The number of aromatic nitrogens is 3. The topological polar surface area (TPSA) is 68.2 Å². The molecule has 1 atom stereocenters. The fraction of sp³-hybridized carbons (Fsp3) is 0.375. The van der Waals surface area contributed by atoms with Gasteiger partial charge in [0.15, 0.2) is 5.13 Å². The SMILES string of the molecule is Cc1nnsc1C(=O)N(C[C@@H]1CCCO1)c1nc2c(Cl)cccc2s1. The van der Waals surface area contributed by atoms with E-state index in [9.17, 15) is 4.79 Å². The summed E-state index contributed by atoms with van der Waals surface area (Å²) < 4.78 is 10.6. The van der Waals surface area contributed by atoms with Gasteiger partial charge in [0.05, 0.1) is 28.1 Å². The van der Waals surface area contributed by atoms with E-state index >= 15 is 0 Å².